The molecule has 1 aromatic heterocycles. The van der Waals surface area contributed by atoms with Crippen LogP contribution in [0.4, 0.5) is 5.69 Å². The molecule has 0 amide bonds. The number of hydrogen-bond acceptors (Lipinski definition) is 7. The number of benzene rings is 4. The van der Waals surface area contributed by atoms with Gasteiger partial charge in [-0.15, -0.1) is 0 Å². The molecule has 2 fully saturated rings. The Hall–Kier alpha value is -5.27. The lowest BCUT2D eigenvalue weighted by atomic mass is 9.95. The second kappa shape index (κ2) is 17.7. The fraction of sp³-hybridized carbons (Fsp3) is 0.367. The summed E-state index contributed by atoms with van der Waals surface area (Å²) in [5.74, 6) is 4.03. The number of piperidine rings is 1. The lowest BCUT2D eigenvalue weighted by Gasteiger charge is -2.40. The summed E-state index contributed by atoms with van der Waals surface area (Å²) >= 11 is 0. The minimum atomic E-state index is 0.371. The number of nitrogens with zero attached hydrogens (tertiary/aromatic N) is 3. The zero-order valence-electron chi connectivity index (χ0n) is 34.1. The lowest BCUT2D eigenvalue weighted by Crippen LogP contribution is -2.45. The van der Waals surface area contributed by atoms with E-state index in [1.54, 1.807) is 28.4 Å². The maximum atomic E-state index is 5.79. The number of hydrogen-bond donors (Lipinski definition) is 0. The minimum absolute atomic E-state index is 0.371. The van der Waals surface area contributed by atoms with Crippen LogP contribution in [0.25, 0.3) is 28.0 Å². The highest BCUT2D eigenvalue weighted by atomic mass is 16.5. The highest BCUT2D eigenvalue weighted by molar-refractivity contribution is 5.76. The van der Waals surface area contributed by atoms with Crippen LogP contribution in [-0.2, 0) is 13.0 Å². The fourth-order valence-corrected chi connectivity index (χ4v) is 8.35. The molecule has 0 N–H and O–H groups in total. The predicted molar refractivity (Wildman–Crippen MR) is 230 cm³/mol. The molecular formula is C49H57N3O4. The van der Waals surface area contributed by atoms with E-state index in [9.17, 15) is 0 Å². The quantitative estimate of drug-likeness (QED) is 0.0995. The van der Waals surface area contributed by atoms with Crippen molar-refractivity contribution in [2.75, 3.05) is 53.0 Å². The molecule has 7 nitrogen and oxygen atoms in total. The van der Waals surface area contributed by atoms with E-state index in [0.717, 1.165) is 114 Å². The summed E-state index contributed by atoms with van der Waals surface area (Å²) < 4.78 is 22.8. The van der Waals surface area contributed by atoms with Crippen molar-refractivity contribution < 1.29 is 18.9 Å². The van der Waals surface area contributed by atoms with E-state index >= 15 is 0 Å². The van der Waals surface area contributed by atoms with E-state index in [4.69, 9.17) is 23.9 Å². The van der Waals surface area contributed by atoms with Crippen molar-refractivity contribution in [1.29, 1.82) is 0 Å². The average Bonchev–Trinajstić information content (AvgIpc) is 4.09. The molecule has 2 aliphatic rings. The Morgan fingerprint density at radius 3 is 2.21 bits per heavy atom. The standard InChI is InChI=1S/C49H57N3O4/c1-8-10-39-27-40(29-48(55-6)49(39)56-7)38-12-9-11-37(26-38)33(2)31-52(42-15-17-44(53-4)18-16-42)43-20-23-51(24-21-43)32-35-19-22-50-46(25-35)41-28-45(36-13-14-36)34(3)47(30-41)54-5/h9,11-12,15-19,22,25-30,36,43H,2,8,10,13-14,20-21,23-24,31-32H2,1,3-7H3. The third-order valence-electron chi connectivity index (χ3n) is 11.6. The van der Waals surface area contributed by atoms with Crippen molar-refractivity contribution in [3.8, 4) is 45.4 Å². The summed E-state index contributed by atoms with van der Waals surface area (Å²) in [5, 5.41) is 0. The van der Waals surface area contributed by atoms with Crippen molar-refractivity contribution >= 4 is 11.3 Å². The number of methoxy groups -OCH3 is 4. The van der Waals surface area contributed by atoms with Gasteiger partial charge in [0.15, 0.2) is 11.5 Å². The summed E-state index contributed by atoms with van der Waals surface area (Å²) in [4.78, 5) is 9.94. The zero-order valence-corrected chi connectivity index (χ0v) is 34.1. The van der Waals surface area contributed by atoms with E-state index < -0.39 is 0 Å². The second-order valence-corrected chi connectivity index (χ2v) is 15.4. The Labute approximate surface area is 333 Å². The van der Waals surface area contributed by atoms with Gasteiger partial charge in [0.2, 0.25) is 0 Å². The third kappa shape index (κ3) is 8.74. The van der Waals surface area contributed by atoms with Crippen molar-refractivity contribution in [2.24, 2.45) is 0 Å². The van der Waals surface area contributed by atoms with Crippen molar-refractivity contribution in [1.82, 2.24) is 9.88 Å². The highest BCUT2D eigenvalue weighted by Crippen LogP contribution is 2.45. The van der Waals surface area contributed by atoms with Gasteiger partial charge in [-0.3, -0.25) is 9.88 Å². The van der Waals surface area contributed by atoms with Gasteiger partial charge in [-0.25, -0.2) is 0 Å². The largest absolute Gasteiger partial charge is 0.497 e. The van der Waals surface area contributed by atoms with Gasteiger partial charge in [-0.05, 0) is 156 Å². The molecular weight excluding hydrogens is 695 g/mol. The Morgan fingerprint density at radius 2 is 1.54 bits per heavy atom. The summed E-state index contributed by atoms with van der Waals surface area (Å²) in [6, 6.07) is 30.8. The molecule has 4 aromatic carbocycles. The molecule has 1 saturated carbocycles. The first kappa shape index (κ1) is 39.0. The molecule has 5 aromatic rings. The molecule has 1 aliphatic carbocycles. The van der Waals surface area contributed by atoms with Crippen LogP contribution < -0.4 is 23.8 Å². The van der Waals surface area contributed by atoms with Gasteiger partial charge in [0.25, 0.3) is 0 Å². The van der Waals surface area contributed by atoms with Crippen LogP contribution in [0.5, 0.6) is 23.0 Å². The first-order valence-electron chi connectivity index (χ1n) is 20.1. The van der Waals surface area contributed by atoms with E-state index in [-0.39, 0.29) is 0 Å². The van der Waals surface area contributed by atoms with E-state index in [2.05, 4.69) is 115 Å². The van der Waals surface area contributed by atoms with Gasteiger partial charge in [-0.1, -0.05) is 38.1 Å². The molecule has 292 valence electrons. The topological polar surface area (TPSA) is 56.3 Å². The average molecular weight is 752 g/mol. The molecule has 7 rings (SSSR count). The number of rotatable bonds is 16. The first-order chi connectivity index (χ1) is 27.3. The monoisotopic (exact) mass is 751 g/mol. The van der Waals surface area contributed by atoms with Gasteiger partial charge in [0.05, 0.1) is 34.1 Å². The number of ether oxygens (including phenoxy) is 4. The van der Waals surface area contributed by atoms with Gasteiger partial charge >= 0.3 is 0 Å². The zero-order chi connectivity index (χ0) is 39.2. The first-order valence-corrected chi connectivity index (χ1v) is 20.1. The van der Waals surface area contributed by atoms with Gasteiger partial charge in [0, 0.05) is 49.7 Å². The number of aromatic nitrogens is 1. The van der Waals surface area contributed by atoms with Crippen LogP contribution in [0.2, 0.25) is 0 Å². The van der Waals surface area contributed by atoms with Gasteiger partial charge in [-0.2, -0.15) is 0 Å². The number of anilines is 1. The lowest BCUT2D eigenvalue weighted by molar-refractivity contribution is 0.202. The molecule has 7 heteroatoms. The molecule has 1 aliphatic heterocycles. The highest BCUT2D eigenvalue weighted by Gasteiger charge is 2.28. The third-order valence-corrected chi connectivity index (χ3v) is 11.6. The maximum absolute atomic E-state index is 5.79. The summed E-state index contributed by atoms with van der Waals surface area (Å²) in [7, 11) is 6.90. The smallest absolute Gasteiger partial charge is 0.163 e. The van der Waals surface area contributed by atoms with Crippen molar-refractivity contribution in [3.05, 3.63) is 126 Å². The molecule has 0 radical (unpaired) electrons. The van der Waals surface area contributed by atoms with Crippen molar-refractivity contribution in [3.63, 3.8) is 0 Å². The van der Waals surface area contributed by atoms with Crippen LogP contribution >= 0.6 is 0 Å². The fourth-order valence-electron chi connectivity index (χ4n) is 8.35. The molecule has 0 spiro atoms. The van der Waals surface area contributed by atoms with Crippen LogP contribution in [0.15, 0.2) is 97.7 Å². The Bertz CT molecular complexity index is 2130. The van der Waals surface area contributed by atoms with Crippen LogP contribution in [0, 0.1) is 6.92 Å². The maximum Gasteiger partial charge on any atom is 0.163 e. The number of pyridine rings is 1. The van der Waals surface area contributed by atoms with E-state index in [0.29, 0.717) is 12.0 Å². The van der Waals surface area contributed by atoms with Crippen LogP contribution in [-0.4, -0.2) is 64.0 Å². The molecule has 56 heavy (non-hydrogen) atoms. The molecule has 0 bridgehead atoms. The summed E-state index contributed by atoms with van der Waals surface area (Å²) in [6.45, 7) is 12.7. The van der Waals surface area contributed by atoms with Gasteiger partial charge < -0.3 is 23.8 Å². The van der Waals surface area contributed by atoms with E-state index in [1.165, 1.54) is 35.2 Å². The molecule has 2 heterocycles. The SMILES string of the molecule is C=C(CN(c1ccc(OC)cc1)C1CCN(Cc2ccnc(-c3cc(OC)c(C)c(C4CC4)c3)c2)CC1)c1cccc(-c2cc(CCC)c(OC)c(OC)c2)c1. The Morgan fingerprint density at radius 1 is 0.786 bits per heavy atom. The summed E-state index contributed by atoms with van der Waals surface area (Å²) in [6.07, 6.45) is 8.54. The van der Waals surface area contributed by atoms with Crippen LogP contribution in [0.1, 0.15) is 72.8 Å². The molecule has 1 saturated heterocycles. The van der Waals surface area contributed by atoms with Crippen molar-refractivity contribution in [2.45, 2.75) is 70.9 Å². The normalized spacial score (nSPS) is 14.7. The minimum Gasteiger partial charge on any atom is -0.497 e. The van der Waals surface area contributed by atoms with Crippen LogP contribution in [0.3, 0.4) is 0 Å². The Kier molecular flexibility index (Phi) is 12.3. The van der Waals surface area contributed by atoms with E-state index in [1.807, 2.05) is 6.20 Å². The molecule has 0 unspecified atom stereocenters. The number of likely N-dealkylation sites (tertiary alicyclic amines) is 1. The second-order valence-electron chi connectivity index (χ2n) is 15.4. The van der Waals surface area contributed by atoms with Gasteiger partial charge in [0.1, 0.15) is 11.5 Å². The Balaban J connectivity index is 1.07. The number of aryl methyl sites for hydroxylation is 1. The summed E-state index contributed by atoms with van der Waals surface area (Å²) in [5.41, 5.74) is 12.9. The predicted octanol–water partition coefficient (Wildman–Crippen LogP) is 10.8. The molecule has 0 atom stereocenters.